The van der Waals surface area contributed by atoms with Gasteiger partial charge in [0, 0.05) is 25.8 Å². The first-order chi connectivity index (χ1) is 15.2. The average Bonchev–Trinajstić information content (AvgIpc) is 3.14. The number of aromatic nitrogens is 1. The molecule has 170 valence electrons. The second-order valence-corrected chi connectivity index (χ2v) is 9.86. The van der Waals surface area contributed by atoms with Gasteiger partial charge < -0.3 is 15.4 Å². The van der Waals surface area contributed by atoms with E-state index in [9.17, 15) is 18.0 Å². The molecule has 0 radical (unpaired) electrons. The normalized spacial score (nSPS) is 11.4. The third kappa shape index (κ3) is 6.82. The van der Waals surface area contributed by atoms with Gasteiger partial charge in [0.25, 0.3) is 5.91 Å². The summed E-state index contributed by atoms with van der Waals surface area (Å²) in [5.74, 6) is -0.777. The van der Waals surface area contributed by atoms with E-state index in [1.54, 1.807) is 19.2 Å². The topological polar surface area (TPSA) is 140 Å². The smallest absolute Gasteiger partial charge is 0.251 e. The van der Waals surface area contributed by atoms with Crippen LogP contribution in [0.1, 0.15) is 15.4 Å². The number of methoxy groups -OCH3 is 1. The zero-order chi connectivity index (χ0) is 23.1. The molecule has 3 aromatic rings. The summed E-state index contributed by atoms with van der Waals surface area (Å²) in [5.41, 5.74) is 3.27. The van der Waals surface area contributed by atoms with Crippen molar-refractivity contribution in [2.24, 2.45) is 5.14 Å². The van der Waals surface area contributed by atoms with Crippen LogP contribution >= 0.6 is 11.3 Å². The van der Waals surface area contributed by atoms with E-state index < -0.39 is 10.0 Å². The number of amides is 2. The minimum Gasteiger partial charge on any atom is -0.383 e. The molecule has 2 aromatic carbocycles. The van der Waals surface area contributed by atoms with Gasteiger partial charge in [0.1, 0.15) is 5.01 Å². The molecule has 3 rings (SSSR count). The molecule has 4 N–H and O–H groups in total. The zero-order valence-electron chi connectivity index (χ0n) is 17.5. The van der Waals surface area contributed by atoms with Crippen molar-refractivity contribution in [3.05, 3.63) is 53.0 Å². The number of rotatable bonds is 10. The van der Waals surface area contributed by atoms with Crippen LogP contribution in [-0.4, -0.2) is 57.8 Å². The van der Waals surface area contributed by atoms with Crippen molar-refractivity contribution in [1.29, 1.82) is 0 Å². The predicted octanol–water partition coefficient (Wildman–Crippen LogP) is 1.29. The molecular formula is C21H24N4O5S2. The van der Waals surface area contributed by atoms with E-state index in [4.69, 9.17) is 9.88 Å². The first kappa shape index (κ1) is 23.8. The second-order valence-electron chi connectivity index (χ2n) is 7.01. The number of hydrogen-bond donors (Lipinski definition) is 3. The number of nitrogens with two attached hydrogens (primary N) is 1. The Kier molecular flexibility index (Phi) is 7.91. The molecule has 0 aliphatic rings. The summed E-state index contributed by atoms with van der Waals surface area (Å²) < 4.78 is 27.7. The van der Waals surface area contributed by atoms with Gasteiger partial charge in [0.15, 0.2) is 0 Å². The van der Waals surface area contributed by atoms with Crippen LogP contribution in [-0.2, 0) is 26.0 Å². The van der Waals surface area contributed by atoms with Crippen LogP contribution in [0, 0.1) is 0 Å². The van der Waals surface area contributed by atoms with Crippen molar-refractivity contribution in [1.82, 2.24) is 15.6 Å². The second kappa shape index (κ2) is 10.6. The monoisotopic (exact) mass is 476 g/mol. The molecule has 0 fully saturated rings. The van der Waals surface area contributed by atoms with Gasteiger partial charge in [-0.2, -0.15) is 0 Å². The Morgan fingerprint density at radius 3 is 2.47 bits per heavy atom. The molecule has 11 heteroatoms. The van der Waals surface area contributed by atoms with Crippen molar-refractivity contribution < 1.29 is 22.7 Å². The van der Waals surface area contributed by atoms with E-state index in [2.05, 4.69) is 15.6 Å². The lowest BCUT2D eigenvalue weighted by Gasteiger charge is -2.06. The van der Waals surface area contributed by atoms with E-state index in [0.29, 0.717) is 23.7 Å². The van der Waals surface area contributed by atoms with Gasteiger partial charge in [-0.15, -0.1) is 11.3 Å². The van der Waals surface area contributed by atoms with Gasteiger partial charge in [-0.1, -0.05) is 18.2 Å². The molecule has 0 aliphatic heterocycles. The van der Waals surface area contributed by atoms with Crippen LogP contribution < -0.4 is 15.8 Å². The van der Waals surface area contributed by atoms with Gasteiger partial charge in [-0.05, 0) is 35.4 Å². The average molecular weight is 477 g/mol. The van der Waals surface area contributed by atoms with Crippen molar-refractivity contribution in [2.45, 2.75) is 6.42 Å². The maximum Gasteiger partial charge on any atom is 0.251 e. The minimum atomic E-state index is -3.61. The number of thiazole rings is 1. The molecule has 0 bridgehead atoms. The van der Waals surface area contributed by atoms with E-state index in [1.807, 2.05) is 30.3 Å². The van der Waals surface area contributed by atoms with Crippen LogP contribution in [0.5, 0.6) is 0 Å². The Morgan fingerprint density at radius 2 is 1.78 bits per heavy atom. The quantitative estimate of drug-likeness (QED) is 0.377. The maximum atomic E-state index is 12.1. The molecule has 0 saturated heterocycles. The van der Waals surface area contributed by atoms with Crippen molar-refractivity contribution >= 4 is 43.4 Å². The van der Waals surface area contributed by atoms with E-state index in [-0.39, 0.29) is 30.5 Å². The maximum absolute atomic E-state index is 12.1. The number of benzene rings is 2. The minimum absolute atomic E-state index is 0.0346. The van der Waals surface area contributed by atoms with Crippen LogP contribution in [0.15, 0.2) is 42.5 Å². The number of ether oxygens (including phenoxy) is 1. The fraction of sp³-hybridized carbons (Fsp3) is 0.286. The molecule has 0 atom stereocenters. The zero-order valence-corrected chi connectivity index (χ0v) is 19.1. The lowest BCUT2D eigenvalue weighted by atomic mass is 10.0. The lowest BCUT2D eigenvalue weighted by molar-refractivity contribution is -0.120. The van der Waals surface area contributed by atoms with E-state index in [0.717, 1.165) is 21.3 Å². The van der Waals surface area contributed by atoms with Gasteiger partial charge in [0.2, 0.25) is 15.9 Å². The third-order valence-corrected chi connectivity index (χ3v) is 6.32. The van der Waals surface area contributed by atoms with E-state index >= 15 is 0 Å². The summed E-state index contributed by atoms with van der Waals surface area (Å²) in [7, 11) is -2.03. The lowest BCUT2D eigenvalue weighted by Crippen LogP contribution is -2.32. The Hall–Kier alpha value is -2.86. The molecule has 9 nitrogen and oxygen atoms in total. The number of primary sulfonamides is 1. The van der Waals surface area contributed by atoms with Crippen LogP contribution in [0.25, 0.3) is 21.3 Å². The summed E-state index contributed by atoms with van der Waals surface area (Å²) in [6.45, 7) is 0.872. The van der Waals surface area contributed by atoms with Crippen LogP contribution in [0.3, 0.4) is 0 Å². The summed E-state index contributed by atoms with van der Waals surface area (Å²) in [6, 6.07) is 13.1. The summed E-state index contributed by atoms with van der Waals surface area (Å²) in [6.07, 6.45) is 0.0617. The van der Waals surface area contributed by atoms with Crippen LogP contribution in [0.4, 0.5) is 0 Å². The Morgan fingerprint density at radius 1 is 1.06 bits per heavy atom. The molecule has 2 amide bonds. The first-order valence-corrected chi connectivity index (χ1v) is 12.3. The number of nitrogens with zero attached hydrogens (tertiary/aromatic N) is 1. The van der Waals surface area contributed by atoms with Gasteiger partial charge in [-0.25, -0.2) is 18.5 Å². The van der Waals surface area contributed by atoms with Gasteiger partial charge >= 0.3 is 0 Å². The highest BCUT2D eigenvalue weighted by atomic mass is 32.2. The third-order valence-electron chi connectivity index (χ3n) is 4.53. The number of carbonyl (C=O) groups excluding carboxylic acids is 2. The Balaban J connectivity index is 1.65. The highest BCUT2D eigenvalue weighted by Gasteiger charge is 2.12. The molecule has 0 spiro atoms. The molecule has 0 aliphatic carbocycles. The van der Waals surface area contributed by atoms with Crippen LogP contribution in [0.2, 0.25) is 0 Å². The van der Waals surface area contributed by atoms with E-state index in [1.165, 1.54) is 11.3 Å². The molecule has 32 heavy (non-hydrogen) atoms. The molecule has 0 unspecified atom stereocenters. The molecule has 1 aromatic heterocycles. The van der Waals surface area contributed by atoms with Crippen molar-refractivity contribution in [3.63, 3.8) is 0 Å². The number of sulfonamides is 1. The van der Waals surface area contributed by atoms with Gasteiger partial charge in [-0.3, -0.25) is 9.59 Å². The SMILES string of the molecule is COCCNC(=O)c1ccc(-c2ccc3nc(CC(=O)NCCS(N)(=O)=O)sc3c2)cc1. The van der Waals surface area contributed by atoms with Crippen molar-refractivity contribution in [2.75, 3.05) is 32.6 Å². The Bertz CT molecular complexity index is 1210. The fourth-order valence-electron chi connectivity index (χ4n) is 2.94. The number of fused-ring (bicyclic) bond motifs is 1. The standard InChI is InChI=1S/C21H24N4O5S2/c1-30-10-8-24-21(27)15-4-2-14(3-5-15)16-6-7-17-18(12-16)31-20(25-17)13-19(26)23-9-11-32(22,28)29/h2-7,12H,8-11,13H2,1H3,(H,23,26)(H,24,27)(H2,22,28,29). The number of nitrogens with one attached hydrogen (secondary N) is 2. The Labute approximate surface area is 190 Å². The van der Waals surface area contributed by atoms with Gasteiger partial charge in [0.05, 0.1) is 29.0 Å². The summed E-state index contributed by atoms with van der Waals surface area (Å²) >= 11 is 1.40. The number of carbonyl (C=O) groups is 2. The molecule has 0 saturated carbocycles. The molecular weight excluding hydrogens is 452 g/mol. The summed E-state index contributed by atoms with van der Waals surface area (Å²) in [4.78, 5) is 28.6. The fourth-order valence-corrected chi connectivity index (χ4v) is 4.33. The summed E-state index contributed by atoms with van der Waals surface area (Å²) in [5, 5.41) is 10.9. The first-order valence-electron chi connectivity index (χ1n) is 9.79. The number of hydrogen-bond acceptors (Lipinski definition) is 7. The highest BCUT2D eigenvalue weighted by Crippen LogP contribution is 2.28. The predicted molar refractivity (Wildman–Crippen MR) is 124 cm³/mol. The molecule has 1 heterocycles. The highest BCUT2D eigenvalue weighted by molar-refractivity contribution is 7.89. The largest absolute Gasteiger partial charge is 0.383 e. The van der Waals surface area contributed by atoms with Crippen molar-refractivity contribution in [3.8, 4) is 11.1 Å².